The van der Waals surface area contributed by atoms with E-state index in [4.69, 9.17) is 13.6 Å². The summed E-state index contributed by atoms with van der Waals surface area (Å²) >= 11 is 0. The summed E-state index contributed by atoms with van der Waals surface area (Å²) < 4.78 is 20.1. The van der Waals surface area contributed by atoms with Crippen molar-refractivity contribution < 1.29 is 28.9 Å². The summed E-state index contributed by atoms with van der Waals surface area (Å²) in [6, 6.07) is 40.6. The van der Waals surface area contributed by atoms with E-state index in [0.717, 1.165) is 20.7 Å². The van der Waals surface area contributed by atoms with Crippen molar-refractivity contribution in [3.05, 3.63) is 121 Å². The van der Waals surface area contributed by atoms with Gasteiger partial charge in [-0.05, 0) is 30.8 Å². The molecule has 4 aromatic rings. The van der Waals surface area contributed by atoms with E-state index >= 15 is 0 Å². The lowest BCUT2D eigenvalue weighted by molar-refractivity contribution is -0.244. The molecule has 8 heteroatoms. The van der Waals surface area contributed by atoms with E-state index in [1.54, 1.807) is 0 Å². The molecule has 0 aliphatic carbocycles. The van der Waals surface area contributed by atoms with Crippen molar-refractivity contribution in [2.45, 2.75) is 75.7 Å². The van der Waals surface area contributed by atoms with Crippen LogP contribution in [0.3, 0.4) is 0 Å². The lowest BCUT2D eigenvalue weighted by Gasteiger charge is -2.44. The van der Waals surface area contributed by atoms with Crippen LogP contribution in [0.25, 0.3) is 0 Å². The van der Waals surface area contributed by atoms with Crippen molar-refractivity contribution in [1.29, 1.82) is 0 Å². The van der Waals surface area contributed by atoms with E-state index in [9.17, 15) is 15.3 Å². The van der Waals surface area contributed by atoms with Gasteiger partial charge in [-0.3, -0.25) is 0 Å². The fourth-order valence-corrected chi connectivity index (χ4v) is 16.2. The first-order chi connectivity index (χ1) is 21.8. The van der Waals surface area contributed by atoms with Crippen LogP contribution >= 0.6 is 0 Å². The van der Waals surface area contributed by atoms with Gasteiger partial charge in [0.1, 0.15) is 18.3 Å². The molecule has 1 saturated heterocycles. The number of hydrogen-bond donors (Lipinski definition) is 3. The lowest BCUT2D eigenvalue weighted by Crippen LogP contribution is -2.68. The molecule has 0 bridgehead atoms. The standard InChI is InChI=1S/C38H48O6Si2/c1-36(2,3)45(29-19-11-7-12-20-29,30-21-13-8-14-22-30)42-27-33-34(39)35(40)38(41,44-33)28-43-46(37(4,5)6,31-23-15-9-16-24-31)32-25-17-10-18-26-32/h7-26,33-35,39-41H,27-28H2,1-6H3/t33-,34-,35-,38?/m1/s1. The first-order valence-corrected chi connectivity index (χ1v) is 19.8. The molecule has 1 aliphatic rings. The molecule has 244 valence electrons. The van der Waals surface area contributed by atoms with Crippen molar-refractivity contribution in [3.63, 3.8) is 0 Å². The molecule has 0 spiro atoms. The van der Waals surface area contributed by atoms with Crippen LogP contribution in [0.15, 0.2) is 121 Å². The third kappa shape index (κ3) is 6.21. The van der Waals surface area contributed by atoms with E-state index in [1.807, 2.05) is 72.8 Å². The molecule has 0 radical (unpaired) electrons. The first-order valence-electron chi connectivity index (χ1n) is 16.0. The van der Waals surface area contributed by atoms with Gasteiger partial charge in [0, 0.05) is 0 Å². The summed E-state index contributed by atoms with van der Waals surface area (Å²) in [4.78, 5) is 0. The van der Waals surface area contributed by atoms with Crippen LogP contribution in [-0.2, 0) is 13.6 Å². The van der Waals surface area contributed by atoms with E-state index in [0.29, 0.717) is 0 Å². The molecule has 0 aromatic heterocycles. The Labute approximate surface area is 275 Å². The Morgan fingerprint density at radius 3 is 1.24 bits per heavy atom. The molecule has 5 rings (SSSR count). The van der Waals surface area contributed by atoms with E-state index in [2.05, 4.69) is 90.1 Å². The van der Waals surface area contributed by atoms with Crippen molar-refractivity contribution in [3.8, 4) is 0 Å². The van der Waals surface area contributed by atoms with Gasteiger partial charge in [-0.2, -0.15) is 0 Å². The molecule has 4 atom stereocenters. The molecule has 1 fully saturated rings. The zero-order chi connectivity index (χ0) is 33.2. The van der Waals surface area contributed by atoms with E-state index in [1.165, 1.54) is 0 Å². The van der Waals surface area contributed by atoms with Crippen LogP contribution < -0.4 is 20.7 Å². The average Bonchev–Trinajstić information content (AvgIpc) is 3.26. The summed E-state index contributed by atoms with van der Waals surface area (Å²) in [5.74, 6) is -2.15. The van der Waals surface area contributed by atoms with E-state index in [-0.39, 0.29) is 23.3 Å². The van der Waals surface area contributed by atoms with Crippen LogP contribution in [0.5, 0.6) is 0 Å². The number of hydrogen-bond acceptors (Lipinski definition) is 6. The Morgan fingerprint density at radius 2 is 0.913 bits per heavy atom. The predicted octanol–water partition coefficient (Wildman–Crippen LogP) is 3.95. The van der Waals surface area contributed by atoms with Crippen LogP contribution in [-0.4, -0.2) is 69.3 Å². The zero-order valence-electron chi connectivity index (χ0n) is 27.8. The fraction of sp³-hybridized carbons (Fsp3) is 0.368. The quantitative estimate of drug-likeness (QED) is 0.224. The zero-order valence-corrected chi connectivity index (χ0v) is 29.8. The highest BCUT2D eigenvalue weighted by molar-refractivity contribution is 7.00. The van der Waals surface area contributed by atoms with Crippen LogP contribution in [0.1, 0.15) is 41.5 Å². The van der Waals surface area contributed by atoms with Gasteiger partial charge in [0.05, 0.1) is 13.2 Å². The number of aliphatic hydroxyl groups is 3. The minimum atomic E-state index is -3.06. The van der Waals surface area contributed by atoms with Crippen LogP contribution in [0.4, 0.5) is 0 Å². The van der Waals surface area contributed by atoms with Gasteiger partial charge < -0.3 is 28.9 Å². The highest BCUT2D eigenvalue weighted by Crippen LogP contribution is 2.40. The summed E-state index contributed by atoms with van der Waals surface area (Å²) in [5.41, 5.74) is 0. The van der Waals surface area contributed by atoms with Crippen molar-refractivity contribution in [2.24, 2.45) is 0 Å². The predicted molar refractivity (Wildman–Crippen MR) is 189 cm³/mol. The fourth-order valence-electron chi connectivity index (χ4n) is 7.07. The number of rotatable bonds is 10. The molecule has 1 unspecified atom stereocenters. The molecule has 6 nitrogen and oxygen atoms in total. The van der Waals surface area contributed by atoms with Gasteiger partial charge in [-0.15, -0.1) is 0 Å². The van der Waals surface area contributed by atoms with Gasteiger partial charge in [-0.25, -0.2) is 0 Å². The largest absolute Gasteiger partial charge is 0.405 e. The van der Waals surface area contributed by atoms with Crippen molar-refractivity contribution in [2.75, 3.05) is 13.2 Å². The average molecular weight is 657 g/mol. The monoisotopic (exact) mass is 656 g/mol. The molecule has 46 heavy (non-hydrogen) atoms. The SMILES string of the molecule is CC(C)(C)[Si](OC[C@H]1OC(O)(CO[Si](c2ccccc2)(c2ccccc2)C(C)(C)C)[C@H](O)[C@@H]1O)(c1ccccc1)c1ccccc1. The summed E-state index contributed by atoms with van der Waals surface area (Å²) in [6.45, 7) is 12.6. The Morgan fingerprint density at radius 1 is 0.587 bits per heavy atom. The molecule has 1 heterocycles. The van der Waals surface area contributed by atoms with Gasteiger partial charge >= 0.3 is 0 Å². The van der Waals surface area contributed by atoms with Crippen LogP contribution in [0, 0.1) is 0 Å². The second kappa shape index (κ2) is 13.3. The number of aliphatic hydroxyl groups excluding tert-OH is 2. The minimum Gasteiger partial charge on any atom is -0.405 e. The first kappa shape index (κ1) is 34.4. The summed E-state index contributed by atoms with van der Waals surface area (Å²) in [5, 5.41) is 38.1. The Kier molecular flexibility index (Phi) is 9.94. The Balaban J connectivity index is 1.46. The van der Waals surface area contributed by atoms with Crippen LogP contribution in [0.2, 0.25) is 10.1 Å². The highest BCUT2D eigenvalue weighted by Gasteiger charge is 2.58. The van der Waals surface area contributed by atoms with Gasteiger partial charge in [0.15, 0.2) is 0 Å². The maximum Gasteiger partial charge on any atom is 0.261 e. The topological polar surface area (TPSA) is 88.4 Å². The van der Waals surface area contributed by atoms with Crippen molar-refractivity contribution >= 4 is 37.4 Å². The van der Waals surface area contributed by atoms with Gasteiger partial charge in [-0.1, -0.05) is 163 Å². The maximum absolute atomic E-state index is 11.9. The second-order valence-electron chi connectivity index (χ2n) is 14.4. The number of ether oxygens (including phenoxy) is 1. The number of benzene rings is 4. The minimum absolute atomic E-state index is 0.0208. The highest BCUT2D eigenvalue weighted by atomic mass is 28.4. The lowest BCUT2D eigenvalue weighted by atomic mass is 10.1. The molecule has 0 saturated carbocycles. The molecule has 3 N–H and O–H groups in total. The normalized spacial score (nSPS) is 22.6. The third-order valence-electron chi connectivity index (χ3n) is 9.32. The molecule has 4 aromatic carbocycles. The molecular formula is C38H48O6Si2. The Bertz CT molecular complexity index is 1460. The molecular weight excluding hydrogens is 609 g/mol. The summed E-state index contributed by atoms with van der Waals surface area (Å²) in [6.07, 6.45) is -3.96. The molecule has 1 aliphatic heterocycles. The van der Waals surface area contributed by atoms with Crippen molar-refractivity contribution in [1.82, 2.24) is 0 Å². The van der Waals surface area contributed by atoms with Gasteiger partial charge in [0.2, 0.25) is 5.79 Å². The third-order valence-corrected chi connectivity index (χ3v) is 19.3. The maximum atomic E-state index is 11.9. The van der Waals surface area contributed by atoms with E-state index < -0.39 is 40.7 Å². The molecule has 0 amide bonds. The summed E-state index contributed by atoms with van der Waals surface area (Å²) in [7, 11) is -6.01. The van der Waals surface area contributed by atoms with Gasteiger partial charge in [0.25, 0.3) is 16.6 Å². The Hall–Kier alpha value is -2.93. The second-order valence-corrected chi connectivity index (χ2v) is 23.0. The smallest absolute Gasteiger partial charge is 0.261 e.